The van der Waals surface area contributed by atoms with E-state index in [2.05, 4.69) is 10.1 Å². The molecule has 1 rings (SSSR count). The van der Waals surface area contributed by atoms with Gasteiger partial charge in [-0.3, -0.25) is 0 Å². The number of nitrogens with two attached hydrogens (primary N) is 1. The summed E-state index contributed by atoms with van der Waals surface area (Å²) in [6, 6.07) is -0.235. The average Bonchev–Trinajstić information content (AvgIpc) is 2.80. The van der Waals surface area contributed by atoms with Gasteiger partial charge in [0.05, 0.1) is 6.04 Å². The molecule has 0 aliphatic rings. The summed E-state index contributed by atoms with van der Waals surface area (Å²) >= 11 is 0. The van der Waals surface area contributed by atoms with Crippen molar-refractivity contribution in [2.45, 2.75) is 38.3 Å². The van der Waals surface area contributed by atoms with Gasteiger partial charge in [-0.05, 0) is 19.3 Å². The SMILES string of the molecule is CCC(OC)c1noc(C(N)CCCOC)n1. The van der Waals surface area contributed by atoms with E-state index in [-0.39, 0.29) is 12.1 Å². The van der Waals surface area contributed by atoms with Gasteiger partial charge in [0.1, 0.15) is 6.10 Å². The first kappa shape index (κ1) is 14.1. The van der Waals surface area contributed by atoms with Crippen LogP contribution in [0, 0.1) is 0 Å². The monoisotopic (exact) mass is 243 g/mol. The maximum Gasteiger partial charge on any atom is 0.243 e. The molecule has 0 bridgehead atoms. The Bertz CT molecular complexity index is 313. The normalized spacial score (nSPS) is 14.8. The number of nitrogens with zero attached hydrogens (tertiary/aromatic N) is 2. The fourth-order valence-electron chi connectivity index (χ4n) is 1.55. The highest BCUT2D eigenvalue weighted by atomic mass is 16.5. The van der Waals surface area contributed by atoms with Crippen LogP contribution in [0.25, 0.3) is 0 Å². The molecule has 0 fully saturated rings. The van der Waals surface area contributed by atoms with Gasteiger partial charge in [-0.25, -0.2) is 0 Å². The second-order valence-electron chi connectivity index (χ2n) is 3.86. The summed E-state index contributed by atoms with van der Waals surface area (Å²) in [5.41, 5.74) is 5.94. The zero-order valence-corrected chi connectivity index (χ0v) is 10.7. The molecule has 0 spiro atoms. The van der Waals surface area contributed by atoms with Gasteiger partial charge >= 0.3 is 0 Å². The van der Waals surface area contributed by atoms with E-state index in [1.165, 1.54) is 0 Å². The molecule has 2 atom stereocenters. The quantitative estimate of drug-likeness (QED) is 0.698. The molecule has 0 saturated carbocycles. The fraction of sp³-hybridized carbons (Fsp3) is 0.818. The van der Waals surface area contributed by atoms with E-state index in [0.29, 0.717) is 18.3 Å². The third kappa shape index (κ3) is 4.07. The van der Waals surface area contributed by atoms with Crippen molar-refractivity contribution in [3.05, 3.63) is 11.7 Å². The molecule has 2 unspecified atom stereocenters. The highest BCUT2D eigenvalue weighted by molar-refractivity contribution is 4.94. The minimum Gasteiger partial charge on any atom is -0.385 e. The highest BCUT2D eigenvalue weighted by Gasteiger charge is 2.19. The lowest BCUT2D eigenvalue weighted by atomic mass is 10.2. The van der Waals surface area contributed by atoms with Crippen LogP contribution in [0.15, 0.2) is 4.52 Å². The first-order chi connectivity index (χ1) is 8.22. The van der Waals surface area contributed by atoms with Crippen LogP contribution in [0.5, 0.6) is 0 Å². The van der Waals surface area contributed by atoms with Crippen molar-refractivity contribution in [3.63, 3.8) is 0 Å². The molecule has 0 aromatic carbocycles. The molecule has 0 amide bonds. The Hall–Kier alpha value is -0.980. The topological polar surface area (TPSA) is 83.4 Å². The number of methoxy groups -OCH3 is 2. The molecule has 1 heterocycles. The Morgan fingerprint density at radius 1 is 1.41 bits per heavy atom. The molecule has 98 valence electrons. The molecule has 6 nitrogen and oxygen atoms in total. The molecule has 0 saturated heterocycles. The summed E-state index contributed by atoms with van der Waals surface area (Å²) < 4.78 is 15.3. The van der Waals surface area contributed by atoms with Gasteiger partial charge in [-0.15, -0.1) is 0 Å². The second kappa shape index (κ2) is 7.37. The van der Waals surface area contributed by atoms with Gasteiger partial charge < -0.3 is 19.7 Å². The lowest BCUT2D eigenvalue weighted by Crippen LogP contribution is -2.12. The van der Waals surface area contributed by atoms with Crippen LogP contribution >= 0.6 is 0 Å². The van der Waals surface area contributed by atoms with E-state index in [9.17, 15) is 0 Å². The predicted octanol–water partition coefficient (Wildman–Crippen LogP) is 1.59. The number of hydrogen-bond acceptors (Lipinski definition) is 6. The van der Waals surface area contributed by atoms with E-state index >= 15 is 0 Å². The molecule has 1 aromatic heterocycles. The van der Waals surface area contributed by atoms with E-state index in [1.54, 1.807) is 14.2 Å². The lowest BCUT2D eigenvalue weighted by Gasteiger charge is -2.07. The minimum absolute atomic E-state index is 0.126. The van der Waals surface area contributed by atoms with Gasteiger partial charge in [-0.1, -0.05) is 12.1 Å². The molecular formula is C11H21N3O3. The fourth-order valence-corrected chi connectivity index (χ4v) is 1.55. The zero-order chi connectivity index (χ0) is 12.7. The first-order valence-corrected chi connectivity index (χ1v) is 5.83. The van der Waals surface area contributed by atoms with Gasteiger partial charge in [0.25, 0.3) is 0 Å². The van der Waals surface area contributed by atoms with Crippen molar-refractivity contribution < 1.29 is 14.0 Å². The van der Waals surface area contributed by atoms with E-state index in [1.807, 2.05) is 6.92 Å². The van der Waals surface area contributed by atoms with E-state index in [0.717, 1.165) is 19.3 Å². The standard InChI is InChI=1S/C11H21N3O3/c1-4-9(16-3)10-13-11(17-14-10)8(12)6-5-7-15-2/h8-9H,4-7,12H2,1-3H3. The average molecular weight is 243 g/mol. The number of hydrogen-bond donors (Lipinski definition) is 1. The van der Waals surface area contributed by atoms with Crippen LogP contribution in [0.2, 0.25) is 0 Å². The molecule has 0 aliphatic carbocycles. The van der Waals surface area contributed by atoms with E-state index < -0.39 is 0 Å². The Morgan fingerprint density at radius 2 is 2.18 bits per heavy atom. The van der Waals surface area contributed by atoms with Crippen molar-refractivity contribution >= 4 is 0 Å². The van der Waals surface area contributed by atoms with Crippen LogP contribution in [-0.2, 0) is 9.47 Å². The summed E-state index contributed by atoms with van der Waals surface area (Å²) in [6.07, 6.45) is 2.31. The Kier molecular flexibility index (Phi) is 6.10. The third-order valence-corrected chi connectivity index (χ3v) is 2.58. The van der Waals surface area contributed by atoms with Crippen LogP contribution in [-0.4, -0.2) is 31.0 Å². The summed E-state index contributed by atoms with van der Waals surface area (Å²) in [6.45, 7) is 2.69. The summed E-state index contributed by atoms with van der Waals surface area (Å²) in [5, 5.41) is 3.89. The molecule has 6 heteroatoms. The molecule has 1 aromatic rings. The Balaban J connectivity index is 2.54. The molecule has 0 aliphatic heterocycles. The predicted molar refractivity (Wildman–Crippen MR) is 62.4 cm³/mol. The second-order valence-corrected chi connectivity index (χ2v) is 3.86. The van der Waals surface area contributed by atoms with Crippen molar-refractivity contribution in [2.24, 2.45) is 5.73 Å². The number of ether oxygens (including phenoxy) is 2. The smallest absolute Gasteiger partial charge is 0.243 e. The molecular weight excluding hydrogens is 222 g/mol. The van der Waals surface area contributed by atoms with Crippen molar-refractivity contribution in [1.29, 1.82) is 0 Å². The number of aromatic nitrogens is 2. The first-order valence-electron chi connectivity index (χ1n) is 5.83. The summed E-state index contributed by atoms with van der Waals surface area (Å²) in [7, 11) is 3.30. The van der Waals surface area contributed by atoms with Crippen molar-refractivity contribution in [2.75, 3.05) is 20.8 Å². The van der Waals surface area contributed by atoms with Crippen LogP contribution in [0.4, 0.5) is 0 Å². The van der Waals surface area contributed by atoms with Gasteiger partial charge in [0.15, 0.2) is 0 Å². The maximum atomic E-state index is 5.94. The summed E-state index contributed by atoms with van der Waals surface area (Å²) in [4.78, 5) is 4.26. The largest absolute Gasteiger partial charge is 0.385 e. The minimum atomic E-state index is -0.235. The van der Waals surface area contributed by atoms with Gasteiger partial charge in [0.2, 0.25) is 11.7 Å². The van der Waals surface area contributed by atoms with Crippen LogP contribution in [0.3, 0.4) is 0 Å². The summed E-state index contributed by atoms with van der Waals surface area (Å²) in [5.74, 6) is 1.03. The molecule has 17 heavy (non-hydrogen) atoms. The lowest BCUT2D eigenvalue weighted by molar-refractivity contribution is 0.0903. The van der Waals surface area contributed by atoms with E-state index in [4.69, 9.17) is 19.7 Å². The van der Waals surface area contributed by atoms with Crippen molar-refractivity contribution in [3.8, 4) is 0 Å². The van der Waals surface area contributed by atoms with Crippen LogP contribution < -0.4 is 5.73 Å². The highest BCUT2D eigenvalue weighted by Crippen LogP contribution is 2.20. The maximum absolute atomic E-state index is 5.94. The Labute approximate surface area is 101 Å². The van der Waals surface area contributed by atoms with Crippen molar-refractivity contribution in [1.82, 2.24) is 10.1 Å². The molecule has 0 radical (unpaired) electrons. The van der Waals surface area contributed by atoms with Gasteiger partial charge in [-0.2, -0.15) is 4.98 Å². The van der Waals surface area contributed by atoms with Gasteiger partial charge in [0, 0.05) is 20.8 Å². The Morgan fingerprint density at radius 3 is 2.76 bits per heavy atom. The van der Waals surface area contributed by atoms with Crippen LogP contribution in [0.1, 0.15) is 50.0 Å². The third-order valence-electron chi connectivity index (χ3n) is 2.58. The molecule has 2 N–H and O–H groups in total. The zero-order valence-electron chi connectivity index (χ0n) is 10.7. The number of rotatable bonds is 8.